The van der Waals surface area contributed by atoms with Crippen molar-refractivity contribution in [1.82, 2.24) is 15.1 Å². The van der Waals surface area contributed by atoms with Crippen LogP contribution in [0.5, 0.6) is 5.75 Å². The Hall–Kier alpha value is -2.12. The zero-order chi connectivity index (χ0) is 17.4. The maximum Gasteiger partial charge on any atom is 0.242 e. The zero-order valence-electron chi connectivity index (χ0n) is 14.2. The molecule has 2 rings (SSSR count). The lowest BCUT2D eigenvalue weighted by molar-refractivity contribution is -0.134. The van der Waals surface area contributed by atoms with Gasteiger partial charge in [-0.15, -0.1) is 0 Å². The summed E-state index contributed by atoms with van der Waals surface area (Å²) in [6, 6.07) is 8.12. The van der Waals surface area contributed by atoms with Crippen LogP contribution >= 0.6 is 0 Å². The van der Waals surface area contributed by atoms with Crippen molar-refractivity contribution in [3.63, 3.8) is 0 Å². The van der Waals surface area contributed by atoms with Gasteiger partial charge in [-0.05, 0) is 24.6 Å². The number of rotatable bonds is 7. The summed E-state index contributed by atoms with van der Waals surface area (Å²) in [4.78, 5) is 27.2. The lowest BCUT2D eigenvalue weighted by Crippen LogP contribution is -2.51. The fraction of sp³-hybridized carbons (Fsp3) is 0.529. The van der Waals surface area contributed by atoms with Crippen LogP contribution in [0.4, 0.5) is 0 Å². The Labute approximate surface area is 142 Å². The highest BCUT2D eigenvalue weighted by atomic mass is 16.5. The van der Waals surface area contributed by atoms with Crippen molar-refractivity contribution in [1.29, 1.82) is 0 Å². The van der Waals surface area contributed by atoms with Crippen molar-refractivity contribution >= 4 is 11.8 Å². The lowest BCUT2D eigenvalue weighted by Gasteiger charge is -2.34. The molecule has 7 heteroatoms. The highest BCUT2D eigenvalue weighted by molar-refractivity contribution is 5.85. The molecule has 1 heterocycles. The maximum atomic E-state index is 12.0. The molecule has 0 bridgehead atoms. The fourth-order valence-corrected chi connectivity index (χ4v) is 2.63. The number of benzene rings is 1. The molecule has 1 aliphatic rings. The minimum Gasteiger partial charge on any atom is -0.494 e. The molecule has 0 radical (unpaired) electrons. The Morgan fingerprint density at radius 3 is 2.42 bits per heavy atom. The largest absolute Gasteiger partial charge is 0.494 e. The summed E-state index contributed by atoms with van der Waals surface area (Å²) >= 11 is 0. The summed E-state index contributed by atoms with van der Waals surface area (Å²) in [5.74, 6) is 0.520. The maximum absolute atomic E-state index is 12.0. The van der Waals surface area contributed by atoms with E-state index in [-0.39, 0.29) is 24.9 Å². The van der Waals surface area contributed by atoms with E-state index in [4.69, 9.17) is 10.5 Å². The molecule has 24 heavy (non-hydrogen) atoms. The molecular weight excluding hydrogens is 308 g/mol. The molecule has 0 unspecified atom stereocenters. The van der Waals surface area contributed by atoms with E-state index >= 15 is 0 Å². The summed E-state index contributed by atoms with van der Waals surface area (Å²) < 4.78 is 5.44. The highest BCUT2D eigenvalue weighted by Gasteiger charge is 2.21. The molecular formula is C17H26N4O3. The number of nitrogens with zero attached hydrogens (tertiary/aromatic N) is 2. The Morgan fingerprint density at radius 1 is 1.17 bits per heavy atom. The van der Waals surface area contributed by atoms with Gasteiger partial charge in [-0.3, -0.25) is 14.5 Å². The topological polar surface area (TPSA) is 87.9 Å². The van der Waals surface area contributed by atoms with Crippen molar-refractivity contribution in [3.8, 4) is 5.75 Å². The number of carbonyl (C=O) groups is 2. The smallest absolute Gasteiger partial charge is 0.242 e. The van der Waals surface area contributed by atoms with E-state index in [2.05, 4.69) is 22.3 Å². The van der Waals surface area contributed by atoms with E-state index in [1.165, 1.54) is 5.56 Å². The normalized spacial score (nSPS) is 15.2. The molecule has 0 saturated carbocycles. The molecule has 0 aromatic heterocycles. The van der Waals surface area contributed by atoms with Crippen LogP contribution in [0.3, 0.4) is 0 Å². The number of carbonyl (C=O) groups excluding carboxylic acids is 2. The molecule has 0 atom stereocenters. The van der Waals surface area contributed by atoms with Crippen LogP contribution in [-0.4, -0.2) is 67.5 Å². The third-order valence-corrected chi connectivity index (χ3v) is 3.99. The molecule has 1 fully saturated rings. The van der Waals surface area contributed by atoms with E-state index in [0.29, 0.717) is 19.7 Å². The summed E-state index contributed by atoms with van der Waals surface area (Å²) in [7, 11) is 0. The van der Waals surface area contributed by atoms with Gasteiger partial charge in [0.05, 0.1) is 19.7 Å². The van der Waals surface area contributed by atoms with Crippen molar-refractivity contribution in [3.05, 3.63) is 29.8 Å². The molecule has 0 aliphatic carbocycles. The van der Waals surface area contributed by atoms with Crippen molar-refractivity contribution in [2.45, 2.75) is 13.5 Å². The van der Waals surface area contributed by atoms with Crippen LogP contribution in [0.1, 0.15) is 12.5 Å². The predicted octanol–water partition coefficient (Wildman–Crippen LogP) is -0.196. The molecule has 2 amide bonds. The molecule has 7 nitrogen and oxygen atoms in total. The summed E-state index contributed by atoms with van der Waals surface area (Å²) in [6.45, 7) is 6.42. The van der Waals surface area contributed by atoms with Crippen LogP contribution in [0, 0.1) is 0 Å². The summed E-state index contributed by atoms with van der Waals surface area (Å²) in [6.07, 6.45) is 0. The number of nitrogens with one attached hydrogen (secondary N) is 1. The van der Waals surface area contributed by atoms with Crippen molar-refractivity contribution < 1.29 is 14.3 Å². The van der Waals surface area contributed by atoms with E-state index < -0.39 is 0 Å². The van der Waals surface area contributed by atoms with E-state index in [1.54, 1.807) is 4.90 Å². The molecule has 1 aromatic rings. The van der Waals surface area contributed by atoms with E-state index in [9.17, 15) is 9.59 Å². The quantitative estimate of drug-likeness (QED) is 0.721. The van der Waals surface area contributed by atoms with Crippen molar-refractivity contribution in [2.75, 3.05) is 45.9 Å². The van der Waals surface area contributed by atoms with Gasteiger partial charge in [0.25, 0.3) is 0 Å². The van der Waals surface area contributed by atoms with Gasteiger partial charge in [0, 0.05) is 32.7 Å². The number of hydrogen-bond acceptors (Lipinski definition) is 5. The first kappa shape index (κ1) is 18.2. The first-order valence-corrected chi connectivity index (χ1v) is 8.31. The third-order valence-electron chi connectivity index (χ3n) is 3.99. The molecule has 1 saturated heterocycles. The summed E-state index contributed by atoms with van der Waals surface area (Å²) in [5.41, 5.74) is 6.43. The Morgan fingerprint density at radius 2 is 1.83 bits per heavy atom. The SMILES string of the molecule is CCOc1ccc(CN2CCN(C(=O)CNC(=O)CN)CC2)cc1. The minimum atomic E-state index is -0.308. The first-order chi connectivity index (χ1) is 11.6. The Balaban J connectivity index is 1.74. The average molecular weight is 334 g/mol. The Bertz CT molecular complexity index is 539. The number of ether oxygens (including phenoxy) is 1. The van der Waals surface area contributed by atoms with Gasteiger partial charge >= 0.3 is 0 Å². The third kappa shape index (κ3) is 5.50. The van der Waals surface area contributed by atoms with Crippen LogP contribution in [0.25, 0.3) is 0 Å². The second-order valence-corrected chi connectivity index (χ2v) is 5.71. The van der Waals surface area contributed by atoms with Gasteiger partial charge in [0.2, 0.25) is 11.8 Å². The van der Waals surface area contributed by atoms with E-state index in [0.717, 1.165) is 25.4 Å². The van der Waals surface area contributed by atoms with Crippen LogP contribution in [0.15, 0.2) is 24.3 Å². The number of hydrogen-bond donors (Lipinski definition) is 2. The molecule has 132 valence electrons. The molecule has 1 aromatic carbocycles. The molecule has 1 aliphatic heterocycles. The second kappa shape index (κ2) is 9.24. The van der Waals surface area contributed by atoms with Crippen LogP contribution in [0.2, 0.25) is 0 Å². The Kier molecular flexibility index (Phi) is 7.02. The second-order valence-electron chi connectivity index (χ2n) is 5.71. The van der Waals surface area contributed by atoms with Crippen LogP contribution < -0.4 is 15.8 Å². The van der Waals surface area contributed by atoms with Gasteiger partial charge in [-0.1, -0.05) is 12.1 Å². The van der Waals surface area contributed by atoms with Gasteiger partial charge in [0.1, 0.15) is 5.75 Å². The van der Waals surface area contributed by atoms with Crippen molar-refractivity contribution in [2.24, 2.45) is 5.73 Å². The number of nitrogens with two attached hydrogens (primary N) is 1. The van der Waals surface area contributed by atoms with Gasteiger partial charge in [-0.25, -0.2) is 0 Å². The monoisotopic (exact) mass is 334 g/mol. The molecule has 0 spiro atoms. The van der Waals surface area contributed by atoms with E-state index in [1.807, 2.05) is 19.1 Å². The fourth-order valence-electron chi connectivity index (χ4n) is 2.63. The average Bonchev–Trinajstić information content (AvgIpc) is 2.62. The number of piperazine rings is 1. The van der Waals surface area contributed by atoms with Gasteiger partial charge < -0.3 is 20.7 Å². The summed E-state index contributed by atoms with van der Waals surface area (Å²) in [5, 5.41) is 2.52. The van der Waals surface area contributed by atoms with Gasteiger partial charge in [-0.2, -0.15) is 0 Å². The zero-order valence-corrected chi connectivity index (χ0v) is 14.2. The highest BCUT2D eigenvalue weighted by Crippen LogP contribution is 2.14. The predicted molar refractivity (Wildman–Crippen MR) is 91.5 cm³/mol. The standard InChI is InChI=1S/C17H26N4O3/c1-2-24-15-5-3-14(4-6-15)13-20-7-9-21(10-8-20)17(23)12-19-16(22)11-18/h3-6H,2,7-13,18H2,1H3,(H,19,22). The van der Waals surface area contributed by atoms with Gasteiger partial charge in [0.15, 0.2) is 0 Å². The number of amides is 2. The molecule has 3 N–H and O–H groups in total. The minimum absolute atomic E-state index is 0.0227. The first-order valence-electron chi connectivity index (χ1n) is 8.31. The van der Waals surface area contributed by atoms with Crippen LogP contribution in [-0.2, 0) is 16.1 Å². The lowest BCUT2D eigenvalue weighted by atomic mass is 10.2.